The summed E-state index contributed by atoms with van der Waals surface area (Å²) in [5, 5.41) is 0.439. The molecule has 0 unspecified atom stereocenters. The summed E-state index contributed by atoms with van der Waals surface area (Å²) < 4.78 is 2.65. The molecule has 80 valence electrons. The third-order valence-electron chi connectivity index (χ3n) is 2.20. The van der Waals surface area contributed by atoms with E-state index in [4.69, 9.17) is 23.2 Å². The van der Waals surface area contributed by atoms with Crippen molar-refractivity contribution >= 4 is 55.8 Å². The highest BCUT2D eigenvalue weighted by Crippen LogP contribution is 2.27. The van der Waals surface area contributed by atoms with Gasteiger partial charge in [-0.05, 0) is 33.6 Å². The molecule has 0 atom stereocenters. The van der Waals surface area contributed by atoms with Crippen LogP contribution in [0.15, 0.2) is 22.9 Å². The van der Waals surface area contributed by atoms with E-state index < -0.39 is 0 Å². The zero-order chi connectivity index (χ0) is 11.3. The van der Waals surface area contributed by atoms with Gasteiger partial charge in [-0.15, -0.1) is 0 Å². The number of fused-ring (bicyclic) bond motifs is 3. The predicted octanol–water partition coefficient (Wildman–Crippen LogP) is 3.35. The summed E-state index contributed by atoms with van der Waals surface area (Å²) >= 11 is 15.2. The van der Waals surface area contributed by atoms with Gasteiger partial charge in [0.2, 0.25) is 5.28 Å². The quantitative estimate of drug-likeness (QED) is 0.472. The van der Waals surface area contributed by atoms with Crippen molar-refractivity contribution < 1.29 is 0 Å². The van der Waals surface area contributed by atoms with Crippen molar-refractivity contribution in [3.63, 3.8) is 0 Å². The molecular formula is C9H3BrCl2N4. The average Bonchev–Trinajstić information content (AvgIpc) is 2.65. The van der Waals surface area contributed by atoms with Crippen LogP contribution < -0.4 is 0 Å². The maximum Gasteiger partial charge on any atom is 0.224 e. The lowest BCUT2D eigenvalue weighted by atomic mass is 10.3. The first kappa shape index (κ1) is 10.3. The Labute approximate surface area is 108 Å². The fourth-order valence-corrected chi connectivity index (χ4v) is 2.58. The van der Waals surface area contributed by atoms with Crippen LogP contribution in [0.4, 0.5) is 0 Å². The Morgan fingerprint density at radius 3 is 2.88 bits per heavy atom. The fraction of sp³-hybridized carbons (Fsp3) is 0. The summed E-state index contributed by atoms with van der Waals surface area (Å²) in [5.41, 5.74) is 2.13. The molecular weight excluding hydrogens is 315 g/mol. The SMILES string of the molecule is Clc1nc(Cl)c2c(cc(Br)c3nccn32)n1. The van der Waals surface area contributed by atoms with Gasteiger partial charge >= 0.3 is 0 Å². The first-order valence-electron chi connectivity index (χ1n) is 4.31. The van der Waals surface area contributed by atoms with E-state index in [1.807, 2.05) is 10.5 Å². The molecule has 3 aromatic heterocycles. The fourth-order valence-electron chi connectivity index (χ4n) is 1.59. The molecule has 0 radical (unpaired) electrons. The van der Waals surface area contributed by atoms with Crippen molar-refractivity contribution in [3.8, 4) is 0 Å². The number of nitrogens with zero attached hydrogens (tertiary/aromatic N) is 4. The molecule has 4 nitrogen and oxygen atoms in total. The summed E-state index contributed by atoms with van der Waals surface area (Å²) in [5.74, 6) is 0. The van der Waals surface area contributed by atoms with Crippen molar-refractivity contribution in [1.29, 1.82) is 0 Å². The summed E-state index contributed by atoms with van der Waals surface area (Å²) in [6.07, 6.45) is 3.48. The van der Waals surface area contributed by atoms with Crippen molar-refractivity contribution in [2.45, 2.75) is 0 Å². The van der Waals surface area contributed by atoms with E-state index in [0.717, 1.165) is 10.1 Å². The summed E-state index contributed by atoms with van der Waals surface area (Å²) in [6.45, 7) is 0. The van der Waals surface area contributed by atoms with E-state index in [1.54, 1.807) is 12.4 Å². The summed E-state index contributed by atoms with van der Waals surface area (Å²) in [6, 6.07) is 1.82. The van der Waals surface area contributed by atoms with Gasteiger partial charge in [0.05, 0.1) is 9.99 Å². The van der Waals surface area contributed by atoms with Gasteiger partial charge in [-0.3, -0.25) is 4.40 Å². The molecule has 3 heterocycles. The van der Waals surface area contributed by atoms with Crippen LogP contribution in [-0.2, 0) is 0 Å². The maximum absolute atomic E-state index is 6.05. The molecule has 0 saturated carbocycles. The maximum atomic E-state index is 6.05. The lowest BCUT2D eigenvalue weighted by Gasteiger charge is -2.04. The van der Waals surface area contributed by atoms with E-state index in [1.165, 1.54) is 0 Å². The van der Waals surface area contributed by atoms with Crippen molar-refractivity contribution in [1.82, 2.24) is 19.4 Å². The minimum atomic E-state index is 0.129. The van der Waals surface area contributed by atoms with Crippen LogP contribution in [0.2, 0.25) is 10.4 Å². The largest absolute Gasteiger partial charge is 0.294 e. The first-order valence-corrected chi connectivity index (χ1v) is 5.86. The first-order chi connectivity index (χ1) is 7.66. The number of aromatic nitrogens is 4. The van der Waals surface area contributed by atoms with Gasteiger partial charge < -0.3 is 0 Å². The number of hydrogen-bond donors (Lipinski definition) is 0. The molecule has 16 heavy (non-hydrogen) atoms. The number of pyridine rings is 1. The molecule has 7 heteroatoms. The Morgan fingerprint density at radius 1 is 1.25 bits per heavy atom. The van der Waals surface area contributed by atoms with Gasteiger partial charge in [0.15, 0.2) is 10.8 Å². The molecule has 3 aromatic rings. The van der Waals surface area contributed by atoms with Crippen LogP contribution in [0.25, 0.3) is 16.7 Å². The molecule has 0 aliphatic rings. The minimum Gasteiger partial charge on any atom is -0.294 e. The lowest BCUT2D eigenvalue weighted by Crippen LogP contribution is -1.94. The van der Waals surface area contributed by atoms with Crippen LogP contribution in [-0.4, -0.2) is 19.4 Å². The zero-order valence-corrected chi connectivity index (χ0v) is 10.8. The zero-order valence-electron chi connectivity index (χ0n) is 7.65. The monoisotopic (exact) mass is 316 g/mol. The minimum absolute atomic E-state index is 0.129. The van der Waals surface area contributed by atoms with Crippen LogP contribution in [0.5, 0.6) is 0 Å². The second-order valence-corrected chi connectivity index (χ2v) is 4.68. The third kappa shape index (κ3) is 1.39. The predicted molar refractivity (Wildman–Crippen MR) is 66.0 cm³/mol. The molecule has 3 rings (SSSR count). The molecule has 0 aliphatic carbocycles. The smallest absolute Gasteiger partial charge is 0.224 e. The van der Waals surface area contributed by atoms with E-state index in [0.29, 0.717) is 16.2 Å². The molecule has 0 bridgehead atoms. The molecule has 0 aliphatic heterocycles. The lowest BCUT2D eigenvalue weighted by molar-refractivity contribution is 1.16. The molecule has 0 amide bonds. The number of rotatable bonds is 0. The van der Waals surface area contributed by atoms with Gasteiger partial charge in [-0.1, -0.05) is 11.6 Å². The topological polar surface area (TPSA) is 43.1 Å². The van der Waals surface area contributed by atoms with Gasteiger partial charge in [0.25, 0.3) is 0 Å². The van der Waals surface area contributed by atoms with E-state index in [9.17, 15) is 0 Å². The molecule has 0 aromatic carbocycles. The van der Waals surface area contributed by atoms with Gasteiger partial charge in [0, 0.05) is 12.4 Å². The molecule has 0 N–H and O–H groups in total. The second kappa shape index (κ2) is 3.55. The Kier molecular flexibility index (Phi) is 2.27. The van der Waals surface area contributed by atoms with Crippen molar-refractivity contribution in [3.05, 3.63) is 33.4 Å². The molecule has 0 spiro atoms. The normalized spacial score (nSPS) is 11.4. The van der Waals surface area contributed by atoms with Gasteiger partial charge in [-0.25, -0.2) is 15.0 Å². The van der Waals surface area contributed by atoms with Crippen LogP contribution in [0, 0.1) is 0 Å². The highest BCUT2D eigenvalue weighted by molar-refractivity contribution is 9.10. The van der Waals surface area contributed by atoms with E-state index >= 15 is 0 Å². The van der Waals surface area contributed by atoms with Crippen LogP contribution >= 0.6 is 39.1 Å². The van der Waals surface area contributed by atoms with E-state index in [-0.39, 0.29) is 5.28 Å². The number of halogens is 3. The summed E-state index contributed by atoms with van der Waals surface area (Å²) in [4.78, 5) is 12.2. The Balaban J connectivity index is 2.64. The van der Waals surface area contributed by atoms with Crippen molar-refractivity contribution in [2.75, 3.05) is 0 Å². The Hall–Kier alpha value is -0.910. The third-order valence-corrected chi connectivity index (χ3v) is 3.22. The highest BCUT2D eigenvalue weighted by atomic mass is 79.9. The van der Waals surface area contributed by atoms with Crippen LogP contribution in [0.3, 0.4) is 0 Å². The number of imidazole rings is 1. The highest BCUT2D eigenvalue weighted by Gasteiger charge is 2.11. The standard InChI is InChI=1S/C9H3BrCl2N4/c10-4-3-5-6(7(11)15-9(12)14-5)16-2-1-13-8(4)16/h1-3H. The van der Waals surface area contributed by atoms with Gasteiger partial charge in [0.1, 0.15) is 5.52 Å². The van der Waals surface area contributed by atoms with Crippen LogP contribution in [0.1, 0.15) is 0 Å². The summed E-state index contributed by atoms with van der Waals surface area (Å²) in [7, 11) is 0. The number of hydrogen-bond acceptors (Lipinski definition) is 3. The van der Waals surface area contributed by atoms with Gasteiger partial charge in [-0.2, -0.15) is 0 Å². The molecule has 0 saturated heterocycles. The molecule has 0 fully saturated rings. The Bertz CT molecular complexity index is 709. The van der Waals surface area contributed by atoms with E-state index in [2.05, 4.69) is 30.9 Å². The average molecular weight is 318 g/mol. The van der Waals surface area contributed by atoms with Crippen molar-refractivity contribution in [2.24, 2.45) is 0 Å². The second-order valence-electron chi connectivity index (χ2n) is 3.13. The Morgan fingerprint density at radius 2 is 2.06 bits per heavy atom.